The molecular formula is C34H28F3N3O8S2. The van der Waals surface area contributed by atoms with Gasteiger partial charge in [0.25, 0.3) is 0 Å². The summed E-state index contributed by atoms with van der Waals surface area (Å²) in [5, 5.41) is 12.1. The second kappa shape index (κ2) is 13.7. The molecule has 3 atom stereocenters. The van der Waals surface area contributed by atoms with E-state index in [9.17, 15) is 42.3 Å². The van der Waals surface area contributed by atoms with Gasteiger partial charge in [0.1, 0.15) is 11.8 Å². The van der Waals surface area contributed by atoms with Crippen LogP contribution in [0.15, 0.2) is 76.6 Å². The summed E-state index contributed by atoms with van der Waals surface area (Å²) in [6.45, 7) is 3.30. The van der Waals surface area contributed by atoms with Crippen molar-refractivity contribution in [3.8, 4) is 11.5 Å². The highest BCUT2D eigenvalue weighted by Gasteiger charge is 2.57. The number of amides is 3. The molecule has 0 spiro atoms. The summed E-state index contributed by atoms with van der Waals surface area (Å²) in [5.74, 6) is -4.86. The number of benzene rings is 3. The number of rotatable bonds is 9. The van der Waals surface area contributed by atoms with E-state index in [0.29, 0.717) is 16.1 Å². The van der Waals surface area contributed by atoms with Gasteiger partial charge in [0.15, 0.2) is 11.5 Å². The lowest BCUT2D eigenvalue weighted by atomic mass is 9.83. The molecule has 1 saturated heterocycles. The van der Waals surface area contributed by atoms with E-state index >= 15 is 0 Å². The summed E-state index contributed by atoms with van der Waals surface area (Å²) < 4.78 is 52.5. The van der Waals surface area contributed by atoms with Crippen molar-refractivity contribution in [3.63, 3.8) is 0 Å². The molecule has 2 aliphatic heterocycles. The zero-order valence-corrected chi connectivity index (χ0v) is 28.0. The minimum atomic E-state index is -4.72. The van der Waals surface area contributed by atoms with Crippen LogP contribution in [0.25, 0.3) is 0 Å². The van der Waals surface area contributed by atoms with E-state index in [1.165, 1.54) is 53.1 Å². The molecule has 0 bridgehead atoms. The maximum absolute atomic E-state index is 14.1. The monoisotopic (exact) mass is 727 g/mol. The van der Waals surface area contributed by atoms with Crippen molar-refractivity contribution in [1.82, 2.24) is 4.57 Å². The number of thiazole rings is 1. The molecule has 11 nitrogen and oxygen atoms in total. The first kappa shape index (κ1) is 34.8. The van der Waals surface area contributed by atoms with Crippen LogP contribution in [0.3, 0.4) is 0 Å². The van der Waals surface area contributed by atoms with Gasteiger partial charge in [-0.3, -0.25) is 23.7 Å². The molecule has 0 radical (unpaired) electrons. The summed E-state index contributed by atoms with van der Waals surface area (Å²) in [5.41, 5.74) is -0.259. The van der Waals surface area contributed by atoms with Crippen LogP contribution in [0.5, 0.6) is 11.5 Å². The number of alkyl halides is 3. The van der Waals surface area contributed by atoms with Gasteiger partial charge >= 0.3 is 17.0 Å². The number of carbonyl (C=O) groups excluding carboxylic acids is 4. The van der Waals surface area contributed by atoms with Crippen LogP contribution in [0.4, 0.5) is 24.5 Å². The molecule has 1 fully saturated rings. The number of nitrogens with one attached hydrogen (secondary N) is 1. The fraction of sp³-hybridized carbons (Fsp3) is 0.265. The van der Waals surface area contributed by atoms with Gasteiger partial charge in [-0.2, -0.15) is 13.2 Å². The number of imide groups is 1. The van der Waals surface area contributed by atoms with E-state index in [4.69, 9.17) is 9.47 Å². The van der Waals surface area contributed by atoms with Gasteiger partial charge < -0.3 is 19.9 Å². The lowest BCUT2D eigenvalue weighted by Gasteiger charge is -2.31. The minimum Gasteiger partial charge on any atom is -0.504 e. The highest BCUT2D eigenvalue weighted by atomic mass is 32.2. The normalized spacial score (nSPS) is 18.4. The topological polar surface area (TPSA) is 144 Å². The molecule has 1 aromatic heterocycles. The molecule has 6 rings (SSSR count). The first-order chi connectivity index (χ1) is 23.8. The number of halogens is 3. The molecular weight excluding hydrogens is 700 g/mol. The fourth-order valence-corrected chi connectivity index (χ4v) is 8.71. The molecule has 3 amide bonds. The second-order valence-corrected chi connectivity index (χ2v) is 13.4. The highest BCUT2D eigenvalue weighted by molar-refractivity contribution is 8.00. The molecule has 0 aliphatic carbocycles. The molecule has 50 heavy (non-hydrogen) atoms. The van der Waals surface area contributed by atoms with E-state index in [-0.39, 0.29) is 41.0 Å². The predicted molar refractivity (Wildman–Crippen MR) is 178 cm³/mol. The van der Waals surface area contributed by atoms with Crippen LogP contribution in [0, 0.1) is 5.92 Å². The van der Waals surface area contributed by atoms with Crippen molar-refractivity contribution in [3.05, 3.63) is 98.0 Å². The molecule has 0 saturated carbocycles. The van der Waals surface area contributed by atoms with Crippen LogP contribution in [0.1, 0.15) is 46.1 Å². The first-order valence-electron chi connectivity index (χ1n) is 15.3. The highest BCUT2D eigenvalue weighted by Crippen LogP contribution is 2.54. The Balaban J connectivity index is 1.38. The Morgan fingerprint density at radius 3 is 2.38 bits per heavy atom. The summed E-state index contributed by atoms with van der Waals surface area (Å²) >= 11 is 1.67. The van der Waals surface area contributed by atoms with E-state index in [0.717, 1.165) is 46.2 Å². The number of carbonyl (C=O) groups is 4. The average Bonchev–Trinajstić information content (AvgIpc) is 3.52. The first-order valence-corrected chi connectivity index (χ1v) is 17.0. The number of aromatic nitrogens is 1. The third-order valence-corrected chi connectivity index (χ3v) is 10.7. The molecule has 3 heterocycles. The number of ether oxygens (including phenoxy) is 2. The average molecular weight is 728 g/mol. The number of nitrogens with zero attached hydrogens (tertiary/aromatic N) is 2. The summed E-state index contributed by atoms with van der Waals surface area (Å²) in [6.07, 6.45) is -4.72. The van der Waals surface area contributed by atoms with Crippen molar-refractivity contribution >= 4 is 58.2 Å². The SMILES string of the molecule is CCOC(=O)c1ccc(NC(=O)Cn2c3c(sc2=O)[C@@H](c2ccc(O)c(OCC)c2)C2C(=O)N(c4cccc(C(F)(F)F)c4)C(=O)C2S3)cc1. The standard InChI is InChI=1S/C34H28F3N3O8S2/c1-3-47-23-14-18(10-13-22(23)41)25-26-27(30(44)40(29(26)43)21-7-5-6-19(15-21)34(35,36)37)49-31-28(25)50-33(46)39(31)16-24(42)38-20-11-8-17(9-12-20)32(45)48-4-2/h5-15,25-27,41H,3-4,16H2,1-2H3,(H,38,42)/t25-,26?,27?/m0/s1. The Labute approximate surface area is 290 Å². The van der Waals surface area contributed by atoms with Crippen molar-refractivity contribution in [2.75, 3.05) is 23.4 Å². The van der Waals surface area contributed by atoms with Crippen LogP contribution in [-0.2, 0) is 31.8 Å². The van der Waals surface area contributed by atoms with Gasteiger partial charge in [0.05, 0.1) is 41.0 Å². The zero-order chi connectivity index (χ0) is 35.9. The van der Waals surface area contributed by atoms with Gasteiger partial charge in [-0.15, -0.1) is 0 Å². The number of hydrogen-bond donors (Lipinski definition) is 2. The number of phenolic OH excluding ortho intramolecular Hbond substituents is 1. The summed E-state index contributed by atoms with van der Waals surface area (Å²) in [7, 11) is 0. The molecule has 3 aromatic carbocycles. The molecule has 2 aliphatic rings. The van der Waals surface area contributed by atoms with Gasteiger partial charge in [-0.05, 0) is 74.0 Å². The van der Waals surface area contributed by atoms with Crippen molar-refractivity contribution in [2.24, 2.45) is 5.92 Å². The molecule has 2 N–H and O–H groups in total. The van der Waals surface area contributed by atoms with Crippen molar-refractivity contribution < 1.29 is 46.9 Å². The van der Waals surface area contributed by atoms with Gasteiger partial charge in [0, 0.05) is 16.5 Å². The molecule has 16 heteroatoms. The Bertz CT molecular complexity index is 2060. The van der Waals surface area contributed by atoms with Crippen molar-refractivity contribution in [2.45, 2.75) is 42.8 Å². The van der Waals surface area contributed by atoms with Gasteiger partial charge in [0.2, 0.25) is 17.7 Å². The maximum atomic E-state index is 14.1. The summed E-state index contributed by atoms with van der Waals surface area (Å²) in [4.78, 5) is 67.3. The largest absolute Gasteiger partial charge is 0.504 e. The lowest BCUT2D eigenvalue weighted by Crippen LogP contribution is -2.33. The van der Waals surface area contributed by atoms with Crippen LogP contribution < -0.4 is 19.8 Å². The van der Waals surface area contributed by atoms with E-state index in [2.05, 4.69) is 5.32 Å². The number of hydrogen-bond acceptors (Lipinski definition) is 10. The predicted octanol–water partition coefficient (Wildman–Crippen LogP) is 5.64. The van der Waals surface area contributed by atoms with E-state index in [1.54, 1.807) is 13.8 Å². The molecule has 2 unspecified atom stereocenters. The number of fused-ring (bicyclic) bond motifs is 2. The number of thioether (sulfide) groups is 1. The third kappa shape index (κ3) is 6.47. The number of phenols is 1. The van der Waals surface area contributed by atoms with Crippen LogP contribution >= 0.6 is 23.1 Å². The molecule has 260 valence electrons. The minimum absolute atomic E-state index is 0.0907. The van der Waals surface area contributed by atoms with Gasteiger partial charge in [-0.1, -0.05) is 35.2 Å². The number of aromatic hydroxyl groups is 1. The number of esters is 1. The maximum Gasteiger partial charge on any atom is 0.416 e. The van der Waals surface area contributed by atoms with Crippen molar-refractivity contribution in [1.29, 1.82) is 0 Å². The Hall–Kier alpha value is -5.09. The van der Waals surface area contributed by atoms with Crippen LogP contribution in [0.2, 0.25) is 0 Å². The smallest absolute Gasteiger partial charge is 0.416 e. The summed E-state index contributed by atoms with van der Waals surface area (Å²) in [6, 6.07) is 14.2. The van der Waals surface area contributed by atoms with E-state index in [1.807, 2.05) is 0 Å². The van der Waals surface area contributed by atoms with E-state index < -0.39 is 63.9 Å². The fourth-order valence-electron chi connectivity index (χ4n) is 5.93. The zero-order valence-electron chi connectivity index (χ0n) is 26.4. The molecule has 4 aromatic rings. The Morgan fingerprint density at radius 2 is 1.70 bits per heavy atom. The Morgan fingerprint density at radius 1 is 0.960 bits per heavy atom. The second-order valence-electron chi connectivity index (χ2n) is 11.2. The quantitative estimate of drug-likeness (QED) is 0.165. The Kier molecular flexibility index (Phi) is 9.50. The van der Waals surface area contributed by atoms with Crippen LogP contribution in [-0.4, -0.2) is 51.8 Å². The lowest BCUT2D eigenvalue weighted by molar-refractivity contribution is -0.137. The van der Waals surface area contributed by atoms with Gasteiger partial charge in [-0.25, -0.2) is 9.69 Å². The third-order valence-electron chi connectivity index (χ3n) is 8.11. The number of anilines is 2.